The van der Waals surface area contributed by atoms with Crippen LogP contribution in [-0.4, -0.2) is 23.9 Å². The van der Waals surface area contributed by atoms with E-state index in [1.54, 1.807) is 6.92 Å². The Kier molecular flexibility index (Phi) is 4.92. The minimum absolute atomic E-state index is 0.0564. The van der Waals surface area contributed by atoms with Crippen LogP contribution in [0.25, 0.3) is 0 Å². The van der Waals surface area contributed by atoms with Gasteiger partial charge >= 0.3 is 0 Å². The molecular weight excluding hydrogens is 362 g/mol. The number of anilines is 1. The van der Waals surface area contributed by atoms with E-state index in [2.05, 4.69) is 9.44 Å². The van der Waals surface area contributed by atoms with Crippen LogP contribution in [0.4, 0.5) is 14.5 Å². The smallest absolute Gasteiger partial charge is 0.262 e. The van der Waals surface area contributed by atoms with Crippen molar-refractivity contribution in [1.82, 2.24) is 4.72 Å². The lowest BCUT2D eigenvalue weighted by molar-refractivity contribution is 0.568. The molecule has 0 fully saturated rings. The first-order chi connectivity index (χ1) is 11.0. The van der Waals surface area contributed by atoms with Crippen LogP contribution in [0.1, 0.15) is 5.56 Å². The first-order valence-corrected chi connectivity index (χ1v) is 9.55. The predicted octanol–water partition coefficient (Wildman–Crippen LogP) is 1.98. The molecule has 0 aliphatic heterocycles. The van der Waals surface area contributed by atoms with Crippen LogP contribution < -0.4 is 9.44 Å². The minimum Gasteiger partial charge on any atom is -0.280 e. The van der Waals surface area contributed by atoms with Gasteiger partial charge in [-0.05, 0) is 43.8 Å². The number of hydrogen-bond donors (Lipinski definition) is 2. The van der Waals surface area contributed by atoms with Gasteiger partial charge in [-0.25, -0.2) is 30.3 Å². The SMILES string of the molecule is CNS(=O)(=O)c1cc(NS(=O)(=O)c2cc(F)cc(F)c2)ccc1C. The Labute approximate surface area is 138 Å². The summed E-state index contributed by atoms with van der Waals surface area (Å²) in [4.78, 5) is -0.728. The summed E-state index contributed by atoms with van der Waals surface area (Å²) in [5.74, 6) is -2.09. The Bertz CT molecular complexity index is 970. The Morgan fingerprint density at radius 3 is 2.00 bits per heavy atom. The van der Waals surface area contributed by atoms with E-state index in [0.717, 1.165) is 6.07 Å². The third-order valence-corrected chi connectivity index (χ3v) is 6.06. The molecule has 2 aromatic carbocycles. The van der Waals surface area contributed by atoms with Crippen LogP contribution in [0, 0.1) is 18.6 Å². The maximum Gasteiger partial charge on any atom is 0.262 e. The lowest BCUT2D eigenvalue weighted by Gasteiger charge is -2.12. The molecule has 0 amide bonds. The van der Waals surface area contributed by atoms with Crippen LogP contribution in [0.15, 0.2) is 46.2 Å². The van der Waals surface area contributed by atoms with E-state index in [1.165, 1.54) is 19.2 Å². The summed E-state index contributed by atoms with van der Waals surface area (Å²) >= 11 is 0. The molecule has 0 radical (unpaired) electrons. The van der Waals surface area contributed by atoms with Gasteiger partial charge in [0.05, 0.1) is 15.5 Å². The van der Waals surface area contributed by atoms with Crippen molar-refractivity contribution in [2.24, 2.45) is 0 Å². The Morgan fingerprint density at radius 2 is 1.46 bits per heavy atom. The molecule has 0 unspecified atom stereocenters. The molecule has 2 rings (SSSR count). The lowest BCUT2D eigenvalue weighted by Crippen LogP contribution is -2.20. The first kappa shape index (κ1) is 18.3. The van der Waals surface area contributed by atoms with Crippen molar-refractivity contribution in [3.05, 3.63) is 53.6 Å². The number of aryl methyl sites for hydroxylation is 1. The quantitative estimate of drug-likeness (QED) is 0.835. The van der Waals surface area contributed by atoms with Gasteiger partial charge in [0.2, 0.25) is 10.0 Å². The lowest BCUT2D eigenvalue weighted by atomic mass is 10.2. The number of nitrogens with one attached hydrogen (secondary N) is 2. The maximum absolute atomic E-state index is 13.2. The summed E-state index contributed by atoms with van der Waals surface area (Å²) in [6.07, 6.45) is 0. The molecule has 6 nitrogen and oxygen atoms in total. The standard InChI is InChI=1S/C14H14F2N2O4S2/c1-9-3-4-12(8-14(9)24(21,22)17-2)18-23(19,20)13-6-10(15)5-11(16)7-13/h3-8,17-18H,1-2H3. The van der Waals surface area contributed by atoms with Gasteiger partial charge in [0.25, 0.3) is 10.0 Å². The molecule has 0 heterocycles. The average Bonchev–Trinajstić information content (AvgIpc) is 2.48. The summed E-state index contributed by atoms with van der Waals surface area (Å²) in [5, 5.41) is 0. The highest BCUT2D eigenvalue weighted by Gasteiger charge is 2.19. The summed E-state index contributed by atoms with van der Waals surface area (Å²) in [6, 6.07) is 5.73. The van der Waals surface area contributed by atoms with Crippen molar-refractivity contribution in [1.29, 1.82) is 0 Å². The van der Waals surface area contributed by atoms with Crippen LogP contribution in [0.3, 0.4) is 0 Å². The van der Waals surface area contributed by atoms with Gasteiger partial charge in [0.1, 0.15) is 11.6 Å². The molecule has 0 spiro atoms. The van der Waals surface area contributed by atoms with Gasteiger partial charge in [0, 0.05) is 6.07 Å². The Morgan fingerprint density at radius 1 is 0.875 bits per heavy atom. The van der Waals surface area contributed by atoms with Crippen molar-refractivity contribution in [3.8, 4) is 0 Å². The zero-order valence-electron chi connectivity index (χ0n) is 12.7. The molecule has 24 heavy (non-hydrogen) atoms. The Balaban J connectivity index is 2.46. The molecule has 0 aromatic heterocycles. The van der Waals surface area contributed by atoms with E-state index in [1.807, 2.05) is 0 Å². The fraction of sp³-hybridized carbons (Fsp3) is 0.143. The third-order valence-electron chi connectivity index (χ3n) is 3.14. The minimum atomic E-state index is -4.29. The largest absolute Gasteiger partial charge is 0.280 e. The molecule has 0 saturated heterocycles. The number of halogens is 2. The van der Waals surface area contributed by atoms with Gasteiger partial charge in [0.15, 0.2) is 0 Å². The van der Waals surface area contributed by atoms with Crippen molar-refractivity contribution in [3.63, 3.8) is 0 Å². The van der Waals surface area contributed by atoms with Gasteiger partial charge in [-0.2, -0.15) is 0 Å². The number of benzene rings is 2. The van der Waals surface area contributed by atoms with Gasteiger partial charge in [-0.3, -0.25) is 4.72 Å². The molecular formula is C14H14F2N2O4S2. The van der Waals surface area contributed by atoms with Crippen molar-refractivity contribution < 1.29 is 25.6 Å². The molecule has 0 atom stereocenters. The van der Waals surface area contributed by atoms with E-state index >= 15 is 0 Å². The second-order valence-electron chi connectivity index (χ2n) is 4.90. The molecule has 2 aromatic rings. The summed E-state index contributed by atoms with van der Waals surface area (Å²) in [6.45, 7) is 1.55. The van der Waals surface area contributed by atoms with Crippen LogP contribution >= 0.6 is 0 Å². The van der Waals surface area contributed by atoms with Crippen molar-refractivity contribution in [2.75, 3.05) is 11.8 Å². The normalized spacial score (nSPS) is 12.2. The van der Waals surface area contributed by atoms with E-state index in [-0.39, 0.29) is 10.6 Å². The Hall–Kier alpha value is -2.04. The number of sulfonamides is 2. The molecule has 0 aliphatic carbocycles. The van der Waals surface area contributed by atoms with Crippen molar-refractivity contribution >= 4 is 25.7 Å². The molecule has 10 heteroatoms. The average molecular weight is 376 g/mol. The molecule has 0 bridgehead atoms. The monoisotopic (exact) mass is 376 g/mol. The van der Waals surface area contributed by atoms with Crippen molar-refractivity contribution in [2.45, 2.75) is 16.7 Å². The third kappa shape index (κ3) is 3.89. The molecule has 0 saturated carbocycles. The highest BCUT2D eigenvalue weighted by Crippen LogP contribution is 2.23. The second kappa shape index (κ2) is 6.46. The zero-order valence-corrected chi connectivity index (χ0v) is 14.3. The van der Waals surface area contributed by atoms with Gasteiger partial charge in [-0.15, -0.1) is 0 Å². The predicted molar refractivity (Wildman–Crippen MR) is 84.6 cm³/mol. The maximum atomic E-state index is 13.2. The summed E-state index contributed by atoms with van der Waals surface area (Å²) < 4.78 is 78.9. The molecule has 0 aliphatic rings. The van der Waals surface area contributed by atoms with E-state index in [4.69, 9.17) is 0 Å². The van der Waals surface area contributed by atoms with Gasteiger partial charge in [-0.1, -0.05) is 6.07 Å². The van der Waals surface area contributed by atoms with E-state index in [9.17, 15) is 25.6 Å². The molecule has 2 N–H and O–H groups in total. The van der Waals surface area contributed by atoms with Crippen LogP contribution in [0.5, 0.6) is 0 Å². The highest BCUT2D eigenvalue weighted by atomic mass is 32.2. The van der Waals surface area contributed by atoms with E-state index in [0.29, 0.717) is 23.8 Å². The van der Waals surface area contributed by atoms with Crippen LogP contribution in [-0.2, 0) is 20.0 Å². The summed E-state index contributed by atoms with van der Waals surface area (Å²) in [7, 11) is -6.85. The summed E-state index contributed by atoms with van der Waals surface area (Å²) in [5.41, 5.74) is 0.350. The zero-order chi connectivity index (χ0) is 18.1. The second-order valence-corrected chi connectivity index (χ2v) is 8.44. The number of hydrogen-bond acceptors (Lipinski definition) is 4. The topological polar surface area (TPSA) is 92.3 Å². The highest BCUT2D eigenvalue weighted by molar-refractivity contribution is 7.92. The first-order valence-electron chi connectivity index (χ1n) is 6.58. The fourth-order valence-corrected chi connectivity index (χ4v) is 4.05. The van der Waals surface area contributed by atoms with Gasteiger partial charge < -0.3 is 0 Å². The van der Waals surface area contributed by atoms with E-state index < -0.39 is 36.6 Å². The number of rotatable bonds is 5. The fourth-order valence-electron chi connectivity index (χ4n) is 1.96. The molecule has 130 valence electrons. The van der Waals surface area contributed by atoms with Crippen LogP contribution in [0.2, 0.25) is 0 Å².